The Morgan fingerprint density at radius 2 is 1.71 bits per heavy atom. The topological polar surface area (TPSA) is 84.7 Å². The van der Waals surface area contributed by atoms with Crippen molar-refractivity contribution in [2.75, 3.05) is 23.9 Å². The quantitative estimate of drug-likeness (QED) is 0.650. The third kappa shape index (κ3) is 2.79. The van der Waals surface area contributed by atoms with E-state index in [0.717, 1.165) is 0 Å². The Balaban J connectivity index is 2.53. The van der Waals surface area contributed by atoms with Crippen LogP contribution in [0.5, 0.6) is 5.75 Å². The van der Waals surface area contributed by atoms with E-state index < -0.39 is 10.0 Å². The fourth-order valence-electron chi connectivity index (χ4n) is 1.98. The van der Waals surface area contributed by atoms with Crippen LogP contribution < -0.4 is 20.3 Å². The van der Waals surface area contributed by atoms with Gasteiger partial charge in [0.15, 0.2) is 0 Å². The van der Waals surface area contributed by atoms with Crippen LogP contribution in [0.1, 0.15) is 0 Å². The van der Waals surface area contributed by atoms with Gasteiger partial charge in [0.1, 0.15) is 10.6 Å². The largest absolute Gasteiger partial charge is 0.495 e. The molecule has 0 aliphatic heterocycles. The Bertz CT molecular complexity index is 732. The standard InChI is InChI=1S/C14H17N3O3S/c1-17(12-8-4-5-9-13(12)20-2)21(18,19)14-10-6-3-7-11(14)16-15/h3-10,16H,15H2,1-2H3. The van der Waals surface area contributed by atoms with Crippen molar-refractivity contribution < 1.29 is 13.2 Å². The molecule has 6 nitrogen and oxygen atoms in total. The first-order chi connectivity index (χ1) is 10.0. The third-order valence-electron chi connectivity index (χ3n) is 3.11. The van der Waals surface area contributed by atoms with Crippen LogP contribution in [0.2, 0.25) is 0 Å². The molecular formula is C14H17N3O3S. The Kier molecular flexibility index (Phi) is 4.35. The maximum atomic E-state index is 12.8. The van der Waals surface area contributed by atoms with E-state index in [4.69, 9.17) is 10.6 Å². The molecule has 0 saturated carbocycles. The number of hydrogen-bond donors (Lipinski definition) is 2. The molecule has 0 amide bonds. The molecule has 0 atom stereocenters. The highest BCUT2D eigenvalue weighted by Gasteiger charge is 2.25. The fourth-order valence-corrected chi connectivity index (χ4v) is 3.34. The van der Waals surface area contributed by atoms with Crippen LogP contribution in [0.25, 0.3) is 0 Å². The van der Waals surface area contributed by atoms with Crippen molar-refractivity contribution >= 4 is 21.4 Å². The number of anilines is 2. The molecule has 0 radical (unpaired) electrons. The van der Waals surface area contributed by atoms with E-state index in [-0.39, 0.29) is 4.90 Å². The number of nitrogens with zero attached hydrogens (tertiary/aromatic N) is 1. The molecule has 2 aromatic carbocycles. The third-order valence-corrected chi connectivity index (χ3v) is 4.94. The molecular weight excluding hydrogens is 290 g/mol. The fraction of sp³-hybridized carbons (Fsp3) is 0.143. The summed E-state index contributed by atoms with van der Waals surface area (Å²) in [6, 6.07) is 13.3. The first-order valence-corrected chi connectivity index (χ1v) is 7.64. The van der Waals surface area contributed by atoms with Crippen LogP contribution in [0.4, 0.5) is 11.4 Å². The van der Waals surface area contributed by atoms with Crippen molar-refractivity contribution in [3.63, 3.8) is 0 Å². The number of para-hydroxylation sites is 3. The minimum Gasteiger partial charge on any atom is -0.495 e. The number of hydrazine groups is 1. The van der Waals surface area contributed by atoms with Gasteiger partial charge in [-0.05, 0) is 24.3 Å². The lowest BCUT2D eigenvalue weighted by Crippen LogP contribution is -2.28. The van der Waals surface area contributed by atoms with Gasteiger partial charge in [0, 0.05) is 7.05 Å². The van der Waals surface area contributed by atoms with Crippen LogP contribution in [-0.4, -0.2) is 22.6 Å². The Morgan fingerprint density at radius 3 is 2.38 bits per heavy atom. The van der Waals surface area contributed by atoms with Gasteiger partial charge in [0.05, 0.1) is 18.5 Å². The van der Waals surface area contributed by atoms with E-state index in [1.807, 2.05) is 0 Å². The minimum absolute atomic E-state index is 0.0981. The molecule has 0 aliphatic carbocycles. The summed E-state index contributed by atoms with van der Waals surface area (Å²) >= 11 is 0. The van der Waals surface area contributed by atoms with Crippen molar-refractivity contribution in [1.82, 2.24) is 0 Å². The van der Waals surface area contributed by atoms with Crippen LogP contribution in [0, 0.1) is 0 Å². The van der Waals surface area contributed by atoms with Crippen molar-refractivity contribution in [3.8, 4) is 5.75 Å². The highest BCUT2D eigenvalue weighted by molar-refractivity contribution is 7.93. The Labute approximate surface area is 124 Å². The van der Waals surface area contributed by atoms with Gasteiger partial charge in [0.2, 0.25) is 0 Å². The molecule has 0 aliphatic rings. The predicted octanol–water partition coefficient (Wildman–Crippen LogP) is 1.81. The van der Waals surface area contributed by atoms with Crippen LogP contribution >= 0.6 is 0 Å². The molecule has 112 valence electrons. The lowest BCUT2D eigenvalue weighted by atomic mass is 10.3. The lowest BCUT2D eigenvalue weighted by Gasteiger charge is -2.22. The number of ether oxygens (including phenoxy) is 1. The van der Waals surface area contributed by atoms with Crippen molar-refractivity contribution in [3.05, 3.63) is 48.5 Å². The average molecular weight is 307 g/mol. The summed E-state index contributed by atoms with van der Waals surface area (Å²) in [5.74, 6) is 5.86. The molecule has 2 aromatic rings. The van der Waals surface area contributed by atoms with Crippen molar-refractivity contribution in [1.29, 1.82) is 0 Å². The van der Waals surface area contributed by atoms with Crippen LogP contribution in [0.3, 0.4) is 0 Å². The number of nitrogens with two attached hydrogens (primary N) is 1. The van der Waals surface area contributed by atoms with Crippen molar-refractivity contribution in [2.24, 2.45) is 5.84 Å². The summed E-state index contributed by atoms with van der Waals surface area (Å²) in [6.45, 7) is 0. The minimum atomic E-state index is -3.76. The zero-order valence-corrected chi connectivity index (χ0v) is 12.6. The summed E-state index contributed by atoms with van der Waals surface area (Å²) in [5, 5.41) is 0. The normalized spacial score (nSPS) is 11.0. The molecule has 7 heteroatoms. The summed E-state index contributed by atoms with van der Waals surface area (Å²) in [5.41, 5.74) is 3.18. The molecule has 0 bridgehead atoms. The summed E-state index contributed by atoms with van der Waals surface area (Å²) in [4.78, 5) is 0.0981. The maximum absolute atomic E-state index is 12.8. The predicted molar refractivity (Wildman–Crippen MR) is 82.8 cm³/mol. The Morgan fingerprint density at radius 1 is 1.10 bits per heavy atom. The second kappa shape index (κ2) is 6.02. The second-order valence-electron chi connectivity index (χ2n) is 4.28. The number of hydrogen-bond acceptors (Lipinski definition) is 5. The van der Waals surface area contributed by atoms with Gasteiger partial charge in [0.25, 0.3) is 10.0 Å². The van der Waals surface area contributed by atoms with E-state index in [1.54, 1.807) is 42.5 Å². The zero-order valence-electron chi connectivity index (χ0n) is 11.8. The molecule has 2 rings (SSSR count). The average Bonchev–Trinajstić information content (AvgIpc) is 2.53. The number of nitrogen functional groups attached to an aromatic ring is 1. The molecule has 0 spiro atoms. The van der Waals surface area contributed by atoms with Gasteiger partial charge >= 0.3 is 0 Å². The van der Waals surface area contributed by atoms with E-state index in [9.17, 15) is 8.42 Å². The van der Waals surface area contributed by atoms with Crippen molar-refractivity contribution in [2.45, 2.75) is 4.90 Å². The van der Waals surface area contributed by atoms with Gasteiger partial charge in [-0.15, -0.1) is 0 Å². The number of benzene rings is 2. The molecule has 0 unspecified atom stereocenters. The van der Waals surface area contributed by atoms with Gasteiger partial charge in [-0.25, -0.2) is 8.42 Å². The summed E-state index contributed by atoms with van der Waals surface area (Å²) in [7, 11) is -0.789. The van der Waals surface area contributed by atoms with E-state index in [1.165, 1.54) is 24.5 Å². The molecule has 0 saturated heterocycles. The van der Waals surface area contributed by atoms with Gasteiger partial charge in [-0.1, -0.05) is 24.3 Å². The molecule has 21 heavy (non-hydrogen) atoms. The van der Waals surface area contributed by atoms with Crippen LogP contribution in [0.15, 0.2) is 53.4 Å². The van der Waals surface area contributed by atoms with E-state index in [2.05, 4.69) is 5.43 Å². The van der Waals surface area contributed by atoms with Gasteiger partial charge < -0.3 is 10.2 Å². The number of nitrogens with one attached hydrogen (secondary N) is 1. The second-order valence-corrected chi connectivity index (χ2v) is 6.22. The van der Waals surface area contributed by atoms with E-state index >= 15 is 0 Å². The zero-order chi connectivity index (χ0) is 15.5. The lowest BCUT2D eigenvalue weighted by molar-refractivity contribution is 0.416. The summed E-state index contributed by atoms with van der Waals surface area (Å²) in [6.07, 6.45) is 0. The monoisotopic (exact) mass is 307 g/mol. The first kappa shape index (κ1) is 15.1. The number of sulfonamides is 1. The number of rotatable bonds is 5. The molecule has 0 heterocycles. The molecule has 3 N–H and O–H groups in total. The van der Waals surface area contributed by atoms with Gasteiger partial charge in [-0.2, -0.15) is 0 Å². The van der Waals surface area contributed by atoms with Crippen LogP contribution in [-0.2, 0) is 10.0 Å². The Hall–Kier alpha value is -2.25. The highest BCUT2D eigenvalue weighted by Crippen LogP contribution is 2.32. The SMILES string of the molecule is COc1ccccc1N(C)S(=O)(=O)c1ccccc1NN. The summed E-state index contributed by atoms with van der Waals surface area (Å²) < 4.78 is 31.9. The van der Waals surface area contributed by atoms with Gasteiger partial charge in [-0.3, -0.25) is 10.1 Å². The first-order valence-electron chi connectivity index (χ1n) is 6.20. The smallest absolute Gasteiger partial charge is 0.266 e. The molecule has 0 fully saturated rings. The van der Waals surface area contributed by atoms with E-state index in [0.29, 0.717) is 17.1 Å². The number of methoxy groups -OCH3 is 1. The molecule has 0 aromatic heterocycles. The maximum Gasteiger partial charge on any atom is 0.266 e. The highest BCUT2D eigenvalue weighted by atomic mass is 32.2.